The van der Waals surface area contributed by atoms with Crippen molar-refractivity contribution >= 4 is 5.91 Å². The van der Waals surface area contributed by atoms with Gasteiger partial charge in [-0.05, 0) is 32.4 Å². The van der Waals surface area contributed by atoms with Crippen molar-refractivity contribution in [3.05, 3.63) is 47.8 Å². The van der Waals surface area contributed by atoms with E-state index in [0.29, 0.717) is 5.56 Å². The molecule has 0 radical (unpaired) electrons. The first-order chi connectivity index (χ1) is 9.43. The minimum absolute atomic E-state index is 0.120. The van der Waals surface area contributed by atoms with Gasteiger partial charge in [0.05, 0.1) is 29.6 Å². The zero-order valence-electron chi connectivity index (χ0n) is 11.9. The van der Waals surface area contributed by atoms with Crippen LogP contribution >= 0.6 is 0 Å². The fourth-order valence-corrected chi connectivity index (χ4v) is 1.81. The highest BCUT2D eigenvalue weighted by atomic mass is 16.3. The molecule has 106 valence electrons. The van der Waals surface area contributed by atoms with Gasteiger partial charge < -0.3 is 10.4 Å². The maximum Gasteiger partial charge on any atom is 0.254 e. The molecular formula is C15H19N3O2. The lowest BCUT2D eigenvalue weighted by molar-refractivity contribution is 0.0869. The lowest BCUT2D eigenvalue weighted by atomic mass is 10.1. The Morgan fingerprint density at radius 1 is 1.40 bits per heavy atom. The molecule has 0 spiro atoms. The lowest BCUT2D eigenvalue weighted by Gasteiger charge is -2.22. The van der Waals surface area contributed by atoms with Gasteiger partial charge in [-0.3, -0.25) is 4.79 Å². The van der Waals surface area contributed by atoms with Crippen molar-refractivity contribution in [1.82, 2.24) is 15.1 Å². The summed E-state index contributed by atoms with van der Waals surface area (Å²) in [5, 5.41) is 16.2. The smallest absolute Gasteiger partial charge is 0.254 e. The number of carbonyl (C=O) groups excluding carboxylic acids is 1. The number of hydrogen-bond donors (Lipinski definition) is 2. The largest absolute Gasteiger partial charge is 0.394 e. The van der Waals surface area contributed by atoms with Crippen LogP contribution < -0.4 is 5.32 Å². The first-order valence-corrected chi connectivity index (χ1v) is 6.47. The van der Waals surface area contributed by atoms with Crippen molar-refractivity contribution in [2.45, 2.75) is 26.3 Å². The van der Waals surface area contributed by atoms with Crippen LogP contribution in [-0.4, -0.2) is 32.9 Å². The van der Waals surface area contributed by atoms with Crippen molar-refractivity contribution in [3.63, 3.8) is 0 Å². The average Bonchev–Trinajstić information content (AvgIpc) is 2.88. The highest BCUT2D eigenvalue weighted by molar-refractivity contribution is 5.94. The highest BCUT2D eigenvalue weighted by Crippen LogP contribution is 2.13. The van der Waals surface area contributed by atoms with Gasteiger partial charge in [-0.25, -0.2) is 4.68 Å². The minimum atomic E-state index is -0.651. The normalized spacial score (nSPS) is 11.4. The summed E-state index contributed by atoms with van der Waals surface area (Å²) >= 11 is 0. The Bertz CT molecular complexity index is 617. The highest BCUT2D eigenvalue weighted by Gasteiger charge is 2.21. The molecule has 0 unspecified atom stereocenters. The van der Waals surface area contributed by atoms with E-state index in [9.17, 15) is 9.90 Å². The van der Waals surface area contributed by atoms with Gasteiger partial charge in [-0.1, -0.05) is 18.2 Å². The number of para-hydroxylation sites is 1. The zero-order chi connectivity index (χ0) is 14.8. The van der Waals surface area contributed by atoms with Gasteiger partial charge in [0.15, 0.2) is 0 Å². The summed E-state index contributed by atoms with van der Waals surface area (Å²) in [5.74, 6) is -0.246. The summed E-state index contributed by atoms with van der Waals surface area (Å²) in [7, 11) is 0. The molecule has 2 N–H and O–H groups in total. The van der Waals surface area contributed by atoms with Gasteiger partial charge in [0.2, 0.25) is 0 Å². The predicted octanol–water partition coefficient (Wildman–Crippen LogP) is 1.68. The minimum Gasteiger partial charge on any atom is -0.394 e. The van der Waals surface area contributed by atoms with Gasteiger partial charge in [0, 0.05) is 6.20 Å². The summed E-state index contributed by atoms with van der Waals surface area (Å²) < 4.78 is 1.68. The fourth-order valence-electron chi connectivity index (χ4n) is 1.81. The molecule has 5 nitrogen and oxygen atoms in total. The van der Waals surface area contributed by atoms with Gasteiger partial charge in [0.1, 0.15) is 0 Å². The third kappa shape index (κ3) is 3.05. The molecule has 1 heterocycles. The number of benzene rings is 1. The van der Waals surface area contributed by atoms with Crippen LogP contribution in [-0.2, 0) is 0 Å². The van der Waals surface area contributed by atoms with Gasteiger partial charge in [-0.2, -0.15) is 5.10 Å². The molecule has 0 atom stereocenters. The van der Waals surface area contributed by atoms with Crippen LogP contribution in [0.15, 0.2) is 36.7 Å². The monoisotopic (exact) mass is 273 g/mol. The van der Waals surface area contributed by atoms with E-state index >= 15 is 0 Å². The van der Waals surface area contributed by atoms with E-state index in [1.54, 1.807) is 24.7 Å². The van der Waals surface area contributed by atoms with Crippen molar-refractivity contribution in [3.8, 4) is 5.69 Å². The molecule has 0 bridgehead atoms. The van der Waals surface area contributed by atoms with E-state index in [0.717, 1.165) is 11.3 Å². The number of hydrogen-bond acceptors (Lipinski definition) is 3. The van der Waals surface area contributed by atoms with E-state index in [-0.39, 0.29) is 12.5 Å². The molecule has 0 saturated heterocycles. The lowest BCUT2D eigenvalue weighted by Crippen LogP contribution is -2.46. The number of nitrogens with one attached hydrogen (secondary N) is 1. The Hall–Kier alpha value is -2.14. The van der Waals surface area contributed by atoms with E-state index in [1.165, 1.54) is 6.20 Å². The third-order valence-electron chi connectivity index (χ3n) is 3.05. The van der Waals surface area contributed by atoms with E-state index < -0.39 is 5.54 Å². The average molecular weight is 273 g/mol. The summed E-state index contributed by atoms with van der Waals surface area (Å²) in [4.78, 5) is 12.1. The standard InChI is InChI=1S/C15H19N3O2/c1-11-6-4-5-7-13(11)18-9-12(8-16-18)14(20)17-15(2,3)10-19/h4-9,19H,10H2,1-3H3,(H,17,20). The first-order valence-electron chi connectivity index (χ1n) is 6.47. The molecule has 0 aliphatic heterocycles. The van der Waals surface area contributed by atoms with Crippen molar-refractivity contribution in [2.75, 3.05) is 6.61 Å². The number of amides is 1. The number of aliphatic hydroxyl groups is 1. The quantitative estimate of drug-likeness (QED) is 0.890. The zero-order valence-corrected chi connectivity index (χ0v) is 11.9. The molecule has 0 aliphatic rings. The van der Waals surface area contributed by atoms with Crippen LogP contribution in [0.4, 0.5) is 0 Å². The Morgan fingerprint density at radius 3 is 2.75 bits per heavy atom. The summed E-state index contributed by atoms with van der Waals surface area (Å²) in [6.45, 7) is 5.39. The van der Waals surface area contributed by atoms with Crippen molar-refractivity contribution in [2.24, 2.45) is 0 Å². The molecule has 2 rings (SSSR count). The number of carbonyl (C=O) groups is 1. The van der Waals surface area contributed by atoms with Crippen LogP contribution in [0.1, 0.15) is 29.8 Å². The summed E-state index contributed by atoms with van der Waals surface area (Å²) in [6, 6.07) is 7.83. The number of nitrogens with zero attached hydrogens (tertiary/aromatic N) is 2. The Morgan fingerprint density at radius 2 is 2.10 bits per heavy atom. The Balaban J connectivity index is 2.22. The van der Waals surface area contributed by atoms with Crippen molar-refractivity contribution < 1.29 is 9.90 Å². The van der Waals surface area contributed by atoms with Crippen LogP contribution in [0.2, 0.25) is 0 Å². The molecule has 5 heteroatoms. The second-order valence-electron chi connectivity index (χ2n) is 5.46. The number of aryl methyl sites for hydroxylation is 1. The van der Waals surface area contributed by atoms with E-state index in [2.05, 4.69) is 10.4 Å². The maximum atomic E-state index is 12.1. The van der Waals surface area contributed by atoms with Crippen LogP contribution in [0.5, 0.6) is 0 Å². The number of rotatable bonds is 4. The molecular weight excluding hydrogens is 254 g/mol. The van der Waals surface area contributed by atoms with Crippen LogP contribution in [0, 0.1) is 6.92 Å². The molecule has 0 fully saturated rings. The first kappa shape index (κ1) is 14.3. The molecule has 20 heavy (non-hydrogen) atoms. The molecule has 1 aromatic carbocycles. The second kappa shape index (κ2) is 5.46. The SMILES string of the molecule is Cc1ccccc1-n1cc(C(=O)NC(C)(C)CO)cn1. The summed E-state index contributed by atoms with van der Waals surface area (Å²) in [5.41, 5.74) is 1.84. The third-order valence-corrected chi connectivity index (χ3v) is 3.05. The summed E-state index contributed by atoms with van der Waals surface area (Å²) in [6.07, 6.45) is 3.21. The van der Waals surface area contributed by atoms with E-state index in [4.69, 9.17) is 0 Å². The second-order valence-corrected chi connectivity index (χ2v) is 5.46. The van der Waals surface area contributed by atoms with Crippen molar-refractivity contribution in [1.29, 1.82) is 0 Å². The molecule has 0 saturated carbocycles. The fraction of sp³-hybridized carbons (Fsp3) is 0.333. The van der Waals surface area contributed by atoms with Crippen LogP contribution in [0.3, 0.4) is 0 Å². The van der Waals surface area contributed by atoms with Crippen LogP contribution in [0.25, 0.3) is 5.69 Å². The van der Waals surface area contributed by atoms with Gasteiger partial charge in [-0.15, -0.1) is 0 Å². The molecule has 1 aromatic heterocycles. The Kier molecular flexibility index (Phi) is 3.90. The number of aromatic nitrogens is 2. The molecule has 1 amide bonds. The number of aliphatic hydroxyl groups excluding tert-OH is 1. The van der Waals surface area contributed by atoms with Gasteiger partial charge >= 0.3 is 0 Å². The Labute approximate surface area is 118 Å². The topological polar surface area (TPSA) is 67.2 Å². The maximum absolute atomic E-state index is 12.1. The molecule has 0 aliphatic carbocycles. The van der Waals surface area contributed by atoms with E-state index in [1.807, 2.05) is 31.2 Å². The van der Waals surface area contributed by atoms with Gasteiger partial charge in [0.25, 0.3) is 5.91 Å². The predicted molar refractivity (Wildman–Crippen MR) is 76.9 cm³/mol. The molecule has 2 aromatic rings.